The van der Waals surface area contributed by atoms with Gasteiger partial charge in [-0.15, -0.1) is 0 Å². The van der Waals surface area contributed by atoms with E-state index in [-0.39, 0.29) is 18.6 Å². The molecule has 0 bridgehead atoms. The minimum Gasteiger partial charge on any atom is -0.467 e. The summed E-state index contributed by atoms with van der Waals surface area (Å²) < 4.78 is 5.08. The van der Waals surface area contributed by atoms with Crippen molar-refractivity contribution >= 4 is 17.6 Å². The van der Waals surface area contributed by atoms with Crippen LogP contribution < -0.4 is 10.6 Å². The van der Waals surface area contributed by atoms with Crippen LogP contribution in [-0.4, -0.2) is 17.7 Å². The fraction of sp³-hybridized carbons (Fsp3) is 0.312. The van der Waals surface area contributed by atoms with Gasteiger partial charge in [0.15, 0.2) is 0 Å². The van der Waals surface area contributed by atoms with Crippen molar-refractivity contribution in [1.29, 1.82) is 0 Å². The second-order valence-electron chi connectivity index (χ2n) is 5.28. The van der Waals surface area contributed by atoms with Gasteiger partial charge < -0.3 is 20.2 Å². The first-order chi connectivity index (χ1) is 10.6. The molecule has 2 amide bonds. The van der Waals surface area contributed by atoms with Gasteiger partial charge in [0.25, 0.3) is 0 Å². The third kappa shape index (κ3) is 3.10. The number of fused-ring (bicyclic) bond motifs is 1. The molecule has 1 aliphatic carbocycles. The maximum absolute atomic E-state index is 12.0. The number of rotatable bonds is 4. The van der Waals surface area contributed by atoms with E-state index in [1.807, 2.05) is 18.2 Å². The van der Waals surface area contributed by atoms with Crippen molar-refractivity contribution in [2.24, 2.45) is 0 Å². The Balaban J connectivity index is 1.54. The summed E-state index contributed by atoms with van der Waals surface area (Å²) in [4.78, 5) is 12.0. The molecule has 1 aromatic carbocycles. The fourth-order valence-electron chi connectivity index (χ4n) is 2.74. The minimum absolute atomic E-state index is 0.0468. The second kappa shape index (κ2) is 6.42. The topological polar surface area (TPSA) is 74.5 Å². The SMILES string of the molecule is O=C(NCC(O)c1ccco1)NC1CCc2c(Cl)cccc21. The lowest BCUT2D eigenvalue weighted by molar-refractivity contribution is 0.147. The molecule has 0 saturated heterocycles. The molecule has 5 nitrogen and oxygen atoms in total. The van der Waals surface area contributed by atoms with Crippen LogP contribution in [0.25, 0.3) is 0 Å². The number of aliphatic hydroxyl groups is 1. The van der Waals surface area contributed by atoms with E-state index in [0.29, 0.717) is 5.76 Å². The molecular weight excluding hydrogens is 304 g/mol. The van der Waals surface area contributed by atoms with Gasteiger partial charge in [0.05, 0.1) is 18.8 Å². The molecule has 2 unspecified atom stereocenters. The Morgan fingerprint density at radius 3 is 3.05 bits per heavy atom. The molecule has 2 atom stereocenters. The van der Waals surface area contributed by atoms with Crippen LogP contribution in [0.3, 0.4) is 0 Å². The van der Waals surface area contributed by atoms with Gasteiger partial charge in [0.2, 0.25) is 0 Å². The fourth-order valence-corrected chi connectivity index (χ4v) is 3.02. The highest BCUT2D eigenvalue weighted by Crippen LogP contribution is 2.35. The van der Waals surface area contributed by atoms with Crippen LogP contribution in [0.2, 0.25) is 5.02 Å². The highest BCUT2D eigenvalue weighted by Gasteiger charge is 2.25. The second-order valence-corrected chi connectivity index (χ2v) is 5.69. The molecule has 1 heterocycles. The number of furan rings is 1. The number of amides is 2. The lowest BCUT2D eigenvalue weighted by Gasteiger charge is -2.16. The smallest absolute Gasteiger partial charge is 0.315 e. The molecule has 0 fully saturated rings. The maximum atomic E-state index is 12.0. The lowest BCUT2D eigenvalue weighted by Crippen LogP contribution is -2.39. The number of carbonyl (C=O) groups excluding carboxylic acids is 1. The summed E-state index contributed by atoms with van der Waals surface area (Å²) in [7, 11) is 0. The maximum Gasteiger partial charge on any atom is 0.315 e. The summed E-state index contributed by atoms with van der Waals surface area (Å²) in [5, 5.41) is 16.2. The number of hydrogen-bond acceptors (Lipinski definition) is 3. The summed E-state index contributed by atoms with van der Waals surface area (Å²) in [6, 6.07) is 8.73. The molecule has 6 heteroatoms. The van der Waals surface area contributed by atoms with Gasteiger partial charge in [-0.2, -0.15) is 0 Å². The number of halogens is 1. The molecule has 116 valence electrons. The Kier molecular flexibility index (Phi) is 4.36. The number of hydrogen-bond donors (Lipinski definition) is 3. The summed E-state index contributed by atoms with van der Waals surface area (Å²) in [5.41, 5.74) is 2.17. The predicted molar refractivity (Wildman–Crippen MR) is 82.7 cm³/mol. The lowest BCUT2D eigenvalue weighted by atomic mass is 10.1. The van der Waals surface area contributed by atoms with Crippen molar-refractivity contribution in [3.8, 4) is 0 Å². The van der Waals surface area contributed by atoms with E-state index in [4.69, 9.17) is 16.0 Å². The van der Waals surface area contributed by atoms with E-state index in [9.17, 15) is 9.90 Å². The molecule has 1 aromatic heterocycles. The summed E-state index contributed by atoms with van der Waals surface area (Å²) in [6.45, 7) is 0.0917. The van der Waals surface area contributed by atoms with Crippen molar-refractivity contribution in [1.82, 2.24) is 10.6 Å². The van der Waals surface area contributed by atoms with Crippen molar-refractivity contribution in [2.75, 3.05) is 6.54 Å². The largest absolute Gasteiger partial charge is 0.467 e. The number of aliphatic hydroxyl groups excluding tert-OH is 1. The molecule has 0 aliphatic heterocycles. The average molecular weight is 321 g/mol. The molecular formula is C16H17ClN2O3. The molecule has 3 N–H and O–H groups in total. The summed E-state index contributed by atoms with van der Waals surface area (Å²) >= 11 is 6.16. The Labute approximate surface area is 133 Å². The van der Waals surface area contributed by atoms with Crippen LogP contribution in [-0.2, 0) is 6.42 Å². The zero-order valence-electron chi connectivity index (χ0n) is 11.9. The van der Waals surface area contributed by atoms with Crippen molar-refractivity contribution in [2.45, 2.75) is 25.0 Å². The Hall–Kier alpha value is -1.98. The first-order valence-electron chi connectivity index (χ1n) is 7.18. The molecule has 0 saturated carbocycles. The van der Waals surface area contributed by atoms with E-state index in [1.54, 1.807) is 12.1 Å². The van der Waals surface area contributed by atoms with Crippen LogP contribution >= 0.6 is 11.6 Å². The van der Waals surface area contributed by atoms with Crippen LogP contribution in [0.5, 0.6) is 0 Å². The number of benzene rings is 1. The summed E-state index contributed by atoms with van der Waals surface area (Å²) in [6.07, 6.45) is 2.31. The molecule has 2 aromatic rings. The molecule has 0 radical (unpaired) electrons. The van der Waals surface area contributed by atoms with Crippen molar-refractivity contribution in [3.63, 3.8) is 0 Å². The van der Waals surface area contributed by atoms with Gasteiger partial charge in [-0.25, -0.2) is 4.79 Å². The molecule has 3 rings (SSSR count). The van der Waals surface area contributed by atoms with E-state index < -0.39 is 6.10 Å². The standard InChI is InChI=1S/C16H17ClN2O3/c17-12-4-1-3-11-10(12)6-7-13(11)19-16(21)18-9-14(20)15-5-2-8-22-15/h1-5,8,13-14,20H,6-7,9H2,(H2,18,19,21). The quantitative estimate of drug-likeness (QED) is 0.810. The third-order valence-corrected chi connectivity index (χ3v) is 4.20. The van der Waals surface area contributed by atoms with E-state index in [2.05, 4.69) is 10.6 Å². The minimum atomic E-state index is -0.856. The van der Waals surface area contributed by atoms with Crippen LogP contribution in [0.4, 0.5) is 4.79 Å². The summed E-state index contributed by atoms with van der Waals surface area (Å²) in [5.74, 6) is 0.429. The van der Waals surface area contributed by atoms with E-state index >= 15 is 0 Å². The van der Waals surface area contributed by atoms with Gasteiger partial charge in [-0.05, 0) is 42.2 Å². The molecule has 22 heavy (non-hydrogen) atoms. The Morgan fingerprint density at radius 1 is 1.41 bits per heavy atom. The van der Waals surface area contributed by atoms with Crippen molar-refractivity contribution in [3.05, 3.63) is 58.5 Å². The van der Waals surface area contributed by atoms with E-state index in [0.717, 1.165) is 29.0 Å². The van der Waals surface area contributed by atoms with Crippen molar-refractivity contribution < 1.29 is 14.3 Å². The molecule has 1 aliphatic rings. The zero-order chi connectivity index (χ0) is 15.5. The van der Waals surface area contributed by atoms with Crippen LogP contribution in [0.15, 0.2) is 41.0 Å². The average Bonchev–Trinajstić information content (AvgIpc) is 3.16. The van der Waals surface area contributed by atoms with Gasteiger partial charge >= 0.3 is 6.03 Å². The van der Waals surface area contributed by atoms with Gasteiger partial charge in [0, 0.05) is 5.02 Å². The third-order valence-electron chi connectivity index (χ3n) is 3.85. The first-order valence-corrected chi connectivity index (χ1v) is 7.56. The first kappa shape index (κ1) is 14.9. The normalized spacial score (nSPS) is 17.8. The predicted octanol–water partition coefficient (Wildman–Crippen LogP) is 2.95. The van der Waals surface area contributed by atoms with Gasteiger partial charge in [-0.3, -0.25) is 0 Å². The van der Waals surface area contributed by atoms with Crippen LogP contribution in [0.1, 0.15) is 35.5 Å². The van der Waals surface area contributed by atoms with Gasteiger partial charge in [0.1, 0.15) is 11.9 Å². The highest BCUT2D eigenvalue weighted by molar-refractivity contribution is 6.31. The van der Waals surface area contributed by atoms with E-state index in [1.165, 1.54) is 6.26 Å². The molecule has 0 spiro atoms. The zero-order valence-corrected chi connectivity index (χ0v) is 12.6. The Morgan fingerprint density at radius 2 is 2.27 bits per heavy atom. The number of nitrogens with one attached hydrogen (secondary N) is 2. The van der Waals surface area contributed by atoms with Gasteiger partial charge in [-0.1, -0.05) is 23.7 Å². The number of urea groups is 1. The Bertz CT molecular complexity index is 657. The highest BCUT2D eigenvalue weighted by atomic mass is 35.5. The van der Waals surface area contributed by atoms with Crippen LogP contribution in [0, 0.1) is 0 Å². The monoisotopic (exact) mass is 320 g/mol. The number of carbonyl (C=O) groups is 1.